The normalized spacial score (nSPS) is 11.0. The molecule has 62 heavy (non-hydrogen) atoms. The van der Waals surface area contributed by atoms with E-state index in [2.05, 4.69) is 206 Å². The molecule has 0 radical (unpaired) electrons. The monoisotopic (exact) mass is 790 g/mol. The van der Waals surface area contributed by atoms with Crippen molar-refractivity contribution >= 4 is 5.78 Å². The number of carbonyl (C=O) groups excluding carboxylic acids is 1. The first-order valence-corrected chi connectivity index (χ1v) is 21.1. The first-order valence-electron chi connectivity index (χ1n) is 21.1. The second-order valence-electron chi connectivity index (χ2n) is 15.7. The number of benzene rings is 10. The van der Waals surface area contributed by atoms with Crippen molar-refractivity contribution in [1.82, 2.24) is 0 Å². The lowest BCUT2D eigenvalue weighted by atomic mass is 9.87. The molecule has 0 saturated heterocycles. The van der Waals surface area contributed by atoms with Gasteiger partial charge in [-0.05, 0) is 162 Å². The van der Waals surface area contributed by atoms with Crippen molar-refractivity contribution in [3.8, 4) is 89.0 Å². The van der Waals surface area contributed by atoms with Crippen LogP contribution < -0.4 is 0 Å². The number of ketones is 1. The van der Waals surface area contributed by atoms with Crippen LogP contribution in [0.5, 0.6) is 0 Å². The van der Waals surface area contributed by atoms with Gasteiger partial charge in [0.25, 0.3) is 0 Å². The lowest BCUT2D eigenvalue weighted by Gasteiger charge is -2.16. The highest BCUT2D eigenvalue weighted by Crippen LogP contribution is 2.39. The van der Waals surface area contributed by atoms with Gasteiger partial charge in [0, 0.05) is 11.1 Å². The first kappa shape index (κ1) is 38.1. The Labute approximate surface area is 363 Å². The Morgan fingerprint density at radius 1 is 0.177 bits per heavy atom. The van der Waals surface area contributed by atoms with Crippen LogP contribution >= 0.6 is 0 Å². The molecule has 10 rings (SSSR count). The number of hydrogen-bond acceptors (Lipinski definition) is 1. The summed E-state index contributed by atoms with van der Waals surface area (Å²) in [6.45, 7) is 0. The van der Waals surface area contributed by atoms with E-state index in [-0.39, 0.29) is 5.78 Å². The van der Waals surface area contributed by atoms with Crippen LogP contribution in [0.2, 0.25) is 0 Å². The van der Waals surface area contributed by atoms with E-state index in [9.17, 15) is 0 Å². The fourth-order valence-corrected chi connectivity index (χ4v) is 8.39. The zero-order valence-electron chi connectivity index (χ0n) is 34.2. The van der Waals surface area contributed by atoms with Crippen molar-refractivity contribution in [2.75, 3.05) is 0 Å². The van der Waals surface area contributed by atoms with Crippen LogP contribution in [0, 0.1) is 0 Å². The molecule has 0 aliphatic heterocycles. The average Bonchev–Trinajstić information content (AvgIpc) is 3.37. The molecule has 0 bridgehead atoms. The van der Waals surface area contributed by atoms with Gasteiger partial charge in [-0.25, -0.2) is 0 Å². The van der Waals surface area contributed by atoms with Crippen LogP contribution in [-0.2, 0) is 0 Å². The Balaban J connectivity index is 1.21. The summed E-state index contributed by atoms with van der Waals surface area (Å²) in [4.78, 5) is 15.3. The quantitative estimate of drug-likeness (QED) is 0.126. The molecule has 0 aliphatic rings. The molecule has 0 aliphatic carbocycles. The van der Waals surface area contributed by atoms with Crippen LogP contribution in [0.15, 0.2) is 255 Å². The van der Waals surface area contributed by atoms with Crippen molar-refractivity contribution in [3.05, 3.63) is 266 Å². The number of carbonyl (C=O) groups is 1. The summed E-state index contributed by atoms with van der Waals surface area (Å²) >= 11 is 0. The zero-order valence-corrected chi connectivity index (χ0v) is 34.2. The molecule has 0 fully saturated rings. The Morgan fingerprint density at radius 3 is 0.516 bits per heavy atom. The summed E-state index contributed by atoms with van der Waals surface area (Å²) in [5.74, 6) is -0.0342. The van der Waals surface area contributed by atoms with Crippen LogP contribution in [0.1, 0.15) is 15.9 Å². The van der Waals surface area contributed by atoms with E-state index in [1.807, 2.05) is 48.5 Å². The summed E-state index contributed by atoms with van der Waals surface area (Å²) < 4.78 is 0. The van der Waals surface area contributed by atoms with Crippen LogP contribution in [0.3, 0.4) is 0 Å². The fourth-order valence-electron chi connectivity index (χ4n) is 8.39. The van der Waals surface area contributed by atoms with Gasteiger partial charge in [0.05, 0.1) is 0 Å². The lowest BCUT2D eigenvalue weighted by molar-refractivity contribution is 0.103. The predicted molar refractivity (Wildman–Crippen MR) is 260 cm³/mol. The molecule has 0 atom stereocenters. The van der Waals surface area contributed by atoms with Crippen LogP contribution in [0.25, 0.3) is 89.0 Å². The number of hydrogen-bond donors (Lipinski definition) is 0. The second kappa shape index (κ2) is 17.2. The largest absolute Gasteiger partial charge is 0.289 e. The Kier molecular flexibility index (Phi) is 10.6. The molecule has 0 aromatic heterocycles. The number of rotatable bonds is 10. The van der Waals surface area contributed by atoms with Gasteiger partial charge < -0.3 is 0 Å². The van der Waals surface area contributed by atoms with Gasteiger partial charge in [0.2, 0.25) is 0 Å². The van der Waals surface area contributed by atoms with Crippen molar-refractivity contribution in [2.45, 2.75) is 0 Å². The highest BCUT2D eigenvalue weighted by Gasteiger charge is 2.18. The van der Waals surface area contributed by atoms with Gasteiger partial charge >= 0.3 is 0 Å². The van der Waals surface area contributed by atoms with Gasteiger partial charge in [-0.15, -0.1) is 0 Å². The van der Waals surface area contributed by atoms with Crippen molar-refractivity contribution in [1.29, 1.82) is 0 Å². The molecule has 0 spiro atoms. The third-order valence-corrected chi connectivity index (χ3v) is 11.6. The summed E-state index contributed by atoms with van der Waals surface area (Å²) in [5.41, 5.74) is 18.4. The second-order valence-corrected chi connectivity index (χ2v) is 15.7. The van der Waals surface area contributed by atoms with Gasteiger partial charge in [-0.1, -0.05) is 182 Å². The summed E-state index contributed by atoms with van der Waals surface area (Å²) in [7, 11) is 0. The van der Waals surface area contributed by atoms with Gasteiger partial charge in [-0.2, -0.15) is 0 Å². The third kappa shape index (κ3) is 8.21. The van der Waals surface area contributed by atoms with Gasteiger partial charge in [-0.3, -0.25) is 4.79 Å². The van der Waals surface area contributed by atoms with Gasteiger partial charge in [0.15, 0.2) is 5.78 Å². The standard InChI is InChI=1S/C61H42O/c62-61(59-39-53(47-27-15-5-16-28-47)33-54(40-59)48-29-17-6-18-30-48)60-41-57(55-34-49(43-19-7-1-8-20-43)31-50(35-55)44-21-9-2-10-22-44)38-58(42-60)56-36-51(45-23-11-3-12-24-45)32-52(37-56)46-25-13-4-14-26-46/h1-42H. The highest BCUT2D eigenvalue weighted by molar-refractivity contribution is 6.11. The molecule has 10 aromatic carbocycles. The van der Waals surface area contributed by atoms with Crippen molar-refractivity contribution < 1.29 is 4.79 Å². The highest BCUT2D eigenvalue weighted by atomic mass is 16.1. The van der Waals surface area contributed by atoms with E-state index in [1.54, 1.807) is 0 Å². The minimum Gasteiger partial charge on any atom is -0.289 e. The van der Waals surface area contributed by atoms with E-state index in [0.29, 0.717) is 11.1 Å². The average molecular weight is 791 g/mol. The maximum Gasteiger partial charge on any atom is 0.193 e. The van der Waals surface area contributed by atoms with Gasteiger partial charge in [0.1, 0.15) is 0 Å². The summed E-state index contributed by atoms with van der Waals surface area (Å²) in [6.07, 6.45) is 0. The fraction of sp³-hybridized carbons (Fsp3) is 0. The SMILES string of the molecule is O=C(c1cc(-c2ccccc2)cc(-c2ccccc2)c1)c1cc(-c2cc(-c3ccccc3)cc(-c3ccccc3)c2)cc(-c2cc(-c3ccccc3)cc(-c3ccccc3)c2)c1. The van der Waals surface area contributed by atoms with Crippen molar-refractivity contribution in [3.63, 3.8) is 0 Å². The molecule has 0 heterocycles. The smallest absolute Gasteiger partial charge is 0.193 e. The molecule has 1 heteroatoms. The van der Waals surface area contributed by atoms with E-state index in [1.165, 1.54) is 0 Å². The minimum absolute atomic E-state index is 0.0342. The molecule has 1 nitrogen and oxygen atoms in total. The summed E-state index contributed by atoms with van der Waals surface area (Å²) in [5, 5.41) is 0. The summed E-state index contributed by atoms with van der Waals surface area (Å²) in [6, 6.07) is 89.0. The van der Waals surface area contributed by atoms with E-state index in [4.69, 9.17) is 0 Å². The Morgan fingerprint density at radius 2 is 0.323 bits per heavy atom. The van der Waals surface area contributed by atoms with E-state index in [0.717, 1.165) is 89.0 Å². The van der Waals surface area contributed by atoms with E-state index < -0.39 is 0 Å². The molecule has 0 saturated carbocycles. The van der Waals surface area contributed by atoms with Crippen LogP contribution in [-0.4, -0.2) is 5.78 Å². The van der Waals surface area contributed by atoms with Crippen molar-refractivity contribution in [2.24, 2.45) is 0 Å². The molecule has 0 amide bonds. The minimum atomic E-state index is -0.0342. The first-order chi connectivity index (χ1) is 30.6. The van der Waals surface area contributed by atoms with E-state index >= 15 is 4.79 Å². The zero-order chi connectivity index (χ0) is 41.7. The topological polar surface area (TPSA) is 17.1 Å². The maximum atomic E-state index is 15.3. The lowest BCUT2D eigenvalue weighted by Crippen LogP contribution is -2.03. The molecule has 0 unspecified atom stereocenters. The molecular formula is C61H42O. The maximum absolute atomic E-state index is 15.3. The Hall–Kier alpha value is -8.13. The molecular weight excluding hydrogens is 749 g/mol. The molecule has 10 aromatic rings. The Bertz CT molecular complexity index is 2820. The molecule has 292 valence electrons. The molecule has 0 N–H and O–H groups in total. The third-order valence-electron chi connectivity index (χ3n) is 11.6. The predicted octanol–water partition coefficient (Wildman–Crippen LogP) is 16.3. The van der Waals surface area contributed by atoms with Crippen LogP contribution in [0.4, 0.5) is 0 Å².